The molecular weight excluding hydrogens is 568 g/mol. The fourth-order valence-corrected chi connectivity index (χ4v) is 6.31. The normalized spacial score (nSPS) is 16.9. The van der Waals surface area contributed by atoms with Crippen LogP contribution in [0, 0.1) is 11.3 Å². The standard InChI is InChI=1S/C35H42N6O4/c1-24(42)40-16-13-35(2,14-17-40)34(45)41(22-27-9-5-4-8-26(27)21-36-3)23-32(43)38-30-12-11-25-18-29(19-28(25)20-30)33(44)39-31-10-6-7-15-37-31/h4-12,15,20,29,36H,13-14,16-19,21-23H2,1-3H3,(H,38,43)(H,37,39,44)/t29-/m1/s1. The van der Waals surface area contributed by atoms with Crippen LogP contribution in [0.3, 0.4) is 0 Å². The lowest BCUT2D eigenvalue weighted by Crippen LogP contribution is -2.51. The van der Waals surface area contributed by atoms with E-state index in [1.54, 1.807) is 35.1 Å². The first-order chi connectivity index (χ1) is 21.6. The van der Waals surface area contributed by atoms with Crippen molar-refractivity contribution in [3.8, 4) is 0 Å². The number of pyridine rings is 1. The monoisotopic (exact) mass is 610 g/mol. The van der Waals surface area contributed by atoms with Crippen LogP contribution in [0.4, 0.5) is 11.5 Å². The minimum Gasteiger partial charge on any atom is -0.343 e. The van der Waals surface area contributed by atoms with Crippen LogP contribution >= 0.6 is 0 Å². The maximum Gasteiger partial charge on any atom is 0.244 e. The van der Waals surface area contributed by atoms with Crippen molar-refractivity contribution < 1.29 is 19.2 Å². The molecule has 2 heterocycles. The number of anilines is 2. The van der Waals surface area contributed by atoms with Crippen molar-refractivity contribution in [2.75, 3.05) is 37.3 Å². The summed E-state index contributed by atoms with van der Waals surface area (Å²) in [5.74, 6) is -0.134. The minimum atomic E-state index is -0.678. The van der Waals surface area contributed by atoms with Crippen LogP contribution in [-0.4, -0.2) is 65.1 Å². The largest absolute Gasteiger partial charge is 0.343 e. The number of likely N-dealkylation sites (tertiary alicyclic amines) is 1. The molecule has 0 bridgehead atoms. The number of hydrogen-bond donors (Lipinski definition) is 3. The lowest BCUT2D eigenvalue weighted by atomic mass is 9.78. The third kappa shape index (κ3) is 7.75. The van der Waals surface area contributed by atoms with E-state index in [0.717, 1.165) is 22.3 Å². The van der Waals surface area contributed by atoms with E-state index in [1.807, 2.05) is 62.5 Å². The molecular formula is C35H42N6O4. The molecule has 3 aromatic rings. The molecule has 3 N–H and O–H groups in total. The zero-order valence-corrected chi connectivity index (χ0v) is 26.3. The number of hydrogen-bond acceptors (Lipinski definition) is 6. The highest BCUT2D eigenvalue weighted by molar-refractivity contribution is 5.96. The molecule has 1 fully saturated rings. The maximum absolute atomic E-state index is 14.1. The zero-order chi connectivity index (χ0) is 32.0. The Bertz CT molecular complexity index is 1550. The molecule has 4 amide bonds. The van der Waals surface area contributed by atoms with Crippen LogP contribution in [0.25, 0.3) is 0 Å². The van der Waals surface area contributed by atoms with Gasteiger partial charge in [0.15, 0.2) is 0 Å². The predicted molar refractivity (Wildman–Crippen MR) is 173 cm³/mol. The van der Waals surface area contributed by atoms with E-state index in [9.17, 15) is 19.2 Å². The summed E-state index contributed by atoms with van der Waals surface area (Å²) in [5.41, 5.74) is 4.10. The number of rotatable bonds is 10. The topological polar surface area (TPSA) is 124 Å². The van der Waals surface area contributed by atoms with Gasteiger partial charge in [-0.25, -0.2) is 4.98 Å². The molecule has 1 aliphatic carbocycles. The second-order valence-electron chi connectivity index (χ2n) is 12.4. The third-order valence-electron chi connectivity index (χ3n) is 9.01. The lowest BCUT2D eigenvalue weighted by molar-refractivity contribution is -0.148. The van der Waals surface area contributed by atoms with Gasteiger partial charge in [0.05, 0.1) is 0 Å². The quantitative estimate of drug-likeness (QED) is 0.321. The highest BCUT2D eigenvalue weighted by atomic mass is 16.2. The van der Waals surface area contributed by atoms with Crippen LogP contribution in [0.5, 0.6) is 0 Å². The number of nitrogens with one attached hydrogen (secondary N) is 3. The second kappa shape index (κ2) is 14.0. The Morgan fingerprint density at radius 1 is 0.933 bits per heavy atom. The summed E-state index contributed by atoms with van der Waals surface area (Å²) in [6.07, 6.45) is 3.92. The van der Waals surface area contributed by atoms with E-state index in [1.165, 1.54) is 0 Å². The van der Waals surface area contributed by atoms with Crippen molar-refractivity contribution >= 4 is 35.1 Å². The molecule has 0 saturated carbocycles. The fourth-order valence-electron chi connectivity index (χ4n) is 6.31. The molecule has 1 aromatic heterocycles. The molecule has 2 aromatic carbocycles. The summed E-state index contributed by atoms with van der Waals surface area (Å²) in [4.78, 5) is 60.0. The number of carbonyl (C=O) groups is 4. The first kappa shape index (κ1) is 31.8. The average Bonchev–Trinajstić information content (AvgIpc) is 3.46. The number of carbonyl (C=O) groups excluding carboxylic acids is 4. The number of fused-ring (bicyclic) bond motifs is 1. The molecule has 10 heteroatoms. The molecule has 1 aliphatic heterocycles. The summed E-state index contributed by atoms with van der Waals surface area (Å²) < 4.78 is 0. The average molecular weight is 611 g/mol. The molecule has 5 rings (SSSR count). The van der Waals surface area contributed by atoms with Gasteiger partial charge in [-0.1, -0.05) is 43.3 Å². The van der Waals surface area contributed by atoms with E-state index in [0.29, 0.717) is 63.4 Å². The minimum absolute atomic E-state index is 0.0104. The van der Waals surface area contributed by atoms with Crippen LogP contribution in [0.15, 0.2) is 66.9 Å². The predicted octanol–water partition coefficient (Wildman–Crippen LogP) is 3.77. The van der Waals surface area contributed by atoms with Gasteiger partial charge in [-0.05, 0) is 79.3 Å². The Balaban J connectivity index is 1.28. The van der Waals surface area contributed by atoms with Gasteiger partial charge in [0.1, 0.15) is 12.4 Å². The third-order valence-corrected chi connectivity index (χ3v) is 9.01. The number of amides is 4. The van der Waals surface area contributed by atoms with Crippen LogP contribution in [-0.2, 0) is 45.1 Å². The van der Waals surface area contributed by atoms with E-state index in [-0.39, 0.29) is 36.1 Å². The van der Waals surface area contributed by atoms with Gasteiger partial charge in [0, 0.05) is 56.3 Å². The Kier molecular flexibility index (Phi) is 9.93. The molecule has 0 unspecified atom stereocenters. The molecule has 1 atom stereocenters. The molecule has 0 spiro atoms. The maximum atomic E-state index is 14.1. The van der Waals surface area contributed by atoms with Crippen molar-refractivity contribution in [2.45, 2.75) is 52.6 Å². The van der Waals surface area contributed by atoms with E-state index < -0.39 is 5.41 Å². The van der Waals surface area contributed by atoms with E-state index in [2.05, 4.69) is 20.9 Å². The van der Waals surface area contributed by atoms with Crippen molar-refractivity contribution in [2.24, 2.45) is 11.3 Å². The van der Waals surface area contributed by atoms with E-state index in [4.69, 9.17) is 0 Å². The number of benzene rings is 2. The zero-order valence-electron chi connectivity index (χ0n) is 26.3. The SMILES string of the molecule is CNCc1ccccc1CN(CC(=O)Nc1ccc2c(c1)C[C@H](C(=O)Nc1ccccn1)C2)C(=O)C1(C)CCN(C(C)=O)CC1. The summed E-state index contributed by atoms with van der Waals surface area (Å²) in [6.45, 7) is 5.37. The molecule has 0 radical (unpaired) electrons. The Hall–Kier alpha value is -4.57. The highest BCUT2D eigenvalue weighted by Crippen LogP contribution is 2.34. The van der Waals surface area contributed by atoms with Crippen molar-refractivity contribution in [1.29, 1.82) is 0 Å². The smallest absolute Gasteiger partial charge is 0.244 e. The number of piperidine rings is 1. The summed E-state index contributed by atoms with van der Waals surface area (Å²) in [6, 6.07) is 19.0. The molecule has 1 saturated heterocycles. The van der Waals surface area contributed by atoms with Crippen molar-refractivity contribution in [1.82, 2.24) is 20.1 Å². The molecule has 10 nitrogen and oxygen atoms in total. The van der Waals surface area contributed by atoms with Gasteiger partial charge in [-0.15, -0.1) is 0 Å². The fraction of sp³-hybridized carbons (Fsp3) is 0.400. The summed E-state index contributed by atoms with van der Waals surface area (Å²) in [7, 11) is 1.88. The molecule has 236 valence electrons. The lowest BCUT2D eigenvalue weighted by Gasteiger charge is -2.40. The first-order valence-corrected chi connectivity index (χ1v) is 15.5. The van der Waals surface area contributed by atoms with Gasteiger partial charge in [-0.3, -0.25) is 19.2 Å². The number of aromatic nitrogens is 1. The van der Waals surface area contributed by atoms with Gasteiger partial charge < -0.3 is 25.8 Å². The van der Waals surface area contributed by atoms with Gasteiger partial charge in [-0.2, -0.15) is 0 Å². The Morgan fingerprint density at radius 2 is 1.64 bits per heavy atom. The van der Waals surface area contributed by atoms with E-state index >= 15 is 0 Å². The van der Waals surface area contributed by atoms with Gasteiger partial charge >= 0.3 is 0 Å². The molecule has 2 aliphatic rings. The van der Waals surface area contributed by atoms with Crippen molar-refractivity contribution in [3.63, 3.8) is 0 Å². The highest BCUT2D eigenvalue weighted by Gasteiger charge is 2.40. The Morgan fingerprint density at radius 3 is 2.33 bits per heavy atom. The number of nitrogens with zero attached hydrogens (tertiary/aromatic N) is 3. The summed E-state index contributed by atoms with van der Waals surface area (Å²) in [5, 5.41) is 9.06. The van der Waals surface area contributed by atoms with Crippen LogP contribution in [0.1, 0.15) is 48.9 Å². The van der Waals surface area contributed by atoms with Gasteiger partial charge in [0.25, 0.3) is 0 Å². The van der Waals surface area contributed by atoms with Crippen LogP contribution in [0.2, 0.25) is 0 Å². The van der Waals surface area contributed by atoms with Gasteiger partial charge in [0.2, 0.25) is 23.6 Å². The van der Waals surface area contributed by atoms with Crippen molar-refractivity contribution in [3.05, 3.63) is 89.1 Å². The first-order valence-electron chi connectivity index (χ1n) is 15.5. The second-order valence-corrected chi connectivity index (χ2v) is 12.4. The Labute approximate surface area is 264 Å². The summed E-state index contributed by atoms with van der Waals surface area (Å²) >= 11 is 0. The van der Waals surface area contributed by atoms with Crippen LogP contribution < -0.4 is 16.0 Å². The molecule has 45 heavy (non-hydrogen) atoms.